The predicted molar refractivity (Wildman–Crippen MR) is 89.2 cm³/mol. The van der Waals surface area contributed by atoms with E-state index >= 15 is 0 Å². The Hall–Kier alpha value is -1.32. The van der Waals surface area contributed by atoms with Crippen LogP contribution in [0.25, 0.3) is 0 Å². The van der Waals surface area contributed by atoms with Gasteiger partial charge in [-0.3, -0.25) is 0 Å². The summed E-state index contributed by atoms with van der Waals surface area (Å²) in [4.78, 5) is 2.75. The van der Waals surface area contributed by atoms with Crippen LogP contribution >= 0.6 is 11.3 Å². The molecule has 0 radical (unpaired) electrons. The van der Waals surface area contributed by atoms with Crippen molar-refractivity contribution in [2.24, 2.45) is 0 Å². The SMILES string of the molecule is CNC1CC(c2ccc(C(C)(C)C)s2)Oc2ccccc21. The average molecular weight is 301 g/mol. The molecule has 1 aromatic carbocycles. The topological polar surface area (TPSA) is 21.3 Å². The monoisotopic (exact) mass is 301 g/mol. The quantitative estimate of drug-likeness (QED) is 0.858. The zero-order valence-electron chi connectivity index (χ0n) is 13.1. The molecule has 2 aromatic rings. The standard InChI is InChI=1S/C18H23NOS/c1-18(2,3)17-10-9-16(21-17)15-11-13(19-4)12-7-5-6-8-14(12)20-15/h5-10,13,15,19H,11H2,1-4H3. The Morgan fingerprint density at radius 3 is 2.57 bits per heavy atom. The summed E-state index contributed by atoms with van der Waals surface area (Å²) in [5.74, 6) is 1.01. The summed E-state index contributed by atoms with van der Waals surface area (Å²) in [6, 6.07) is 13.2. The minimum Gasteiger partial charge on any atom is -0.484 e. The van der Waals surface area contributed by atoms with Gasteiger partial charge in [-0.15, -0.1) is 11.3 Å². The minimum atomic E-state index is 0.151. The summed E-state index contributed by atoms with van der Waals surface area (Å²) >= 11 is 1.88. The molecule has 0 spiro atoms. The maximum Gasteiger partial charge on any atom is 0.135 e. The van der Waals surface area contributed by atoms with Crippen molar-refractivity contribution in [1.82, 2.24) is 5.32 Å². The van der Waals surface area contributed by atoms with Gasteiger partial charge >= 0.3 is 0 Å². The summed E-state index contributed by atoms with van der Waals surface area (Å²) in [7, 11) is 2.03. The Labute approximate surface area is 131 Å². The van der Waals surface area contributed by atoms with Crippen molar-refractivity contribution in [3.05, 3.63) is 51.7 Å². The van der Waals surface area contributed by atoms with Crippen molar-refractivity contribution in [3.63, 3.8) is 0 Å². The molecule has 0 bridgehead atoms. The van der Waals surface area contributed by atoms with E-state index < -0.39 is 0 Å². The number of benzene rings is 1. The summed E-state index contributed by atoms with van der Waals surface area (Å²) in [5, 5.41) is 3.42. The Morgan fingerprint density at radius 2 is 1.90 bits per heavy atom. The lowest BCUT2D eigenvalue weighted by Crippen LogP contribution is -2.26. The van der Waals surface area contributed by atoms with Gasteiger partial charge in [0.05, 0.1) is 0 Å². The molecule has 2 unspecified atom stereocenters. The van der Waals surface area contributed by atoms with Crippen molar-refractivity contribution in [1.29, 1.82) is 0 Å². The van der Waals surface area contributed by atoms with E-state index in [4.69, 9.17) is 4.74 Å². The second-order valence-electron chi connectivity index (χ2n) is 6.67. The molecule has 2 heterocycles. The van der Waals surface area contributed by atoms with Gasteiger partial charge in [-0.25, -0.2) is 0 Å². The van der Waals surface area contributed by atoms with Crippen LogP contribution in [0.15, 0.2) is 36.4 Å². The molecule has 2 nitrogen and oxygen atoms in total. The highest BCUT2D eigenvalue weighted by atomic mass is 32.1. The normalized spacial score (nSPS) is 21.7. The molecule has 0 amide bonds. The molecule has 0 saturated heterocycles. The van der Waals surface area contributed by atoms with E-state index in [-0.39, 0.29) is 11.5 Å². The van der Waals surface area contributed by atoms with Gasteiger partial charge in [0.2, 0.25) is 0 Å². The van der Waals surface area contributed by atoms with Crippen molar-refractivity contribution >= 4 is 11.3 Å². The number of thiophene rings is 1. The lowest BCUT2D eigenvalue weighted by Gasteiger charge is -2.31. The van der Waals surface area contributed by atoms with Crippen LogP contribution in [-0.4, -0.2) is 7.05 Å². The van der Waals surface area contributed by atoms with Gasteiger partial charge in [-0.1, -0.05) is 39.0 Å². The van der Waals surface area contributed by atoms with E-state index in [1.165, 1.54) is 15.3 Å². The second kappa shape index (κ2) is 5.47. The number of ether oxygens (including phenoxy) is 1. The highest BCUT2D eigenvalue weighted by Gasteiger charge is 2.29. The smallest absolute Gasteiger partial charge is 0.135 e. The maximum atomic E-state index is 6.25. The molecule has 0 saturated carbocycles. The molecule has 3 rings (SSSR count). The van der Waals surface area contributed by atoms with Crippen molar-refractivity contribution < 1.29 is 4.74 Å². The van der Waals surface area contributed by atoms with E-state index in [2.05, 4.69) is 56.4 Å². The second-order valence-corrected chi connectivity index (χ2v) is 7.79. The van der Waals surface area contributed by atoms with E-state index in [0.717, 1.165) is 12.2 Å². The summed E-state index contributed by atoms with van der Waals surface area (Å²) < 4.78 is 6.25. The first kappa shape index (κ1) is 14.6. The molecule has 1 N–H and O–H groups in total. The van der Waals surface area contributed by atoms with Crippen LogP contribution in [0.1, 0.15) is 54.7 Å². The molecule has 3 heteroatoms. The van der Waals surface area contributed by atoms with Crippen molar-refractivity contribution in [2.45, 2.75) is 44.8 Å². The number of hydrogen-bond acceptors (Lipinski definition) is 3. The lowest BCUT2D eigenvalue weighted by atomic mass is 9.94. The van der Waals surface area contributed by atoms with Crippen molar-refractivity contribution in [2.75, 3.05) is 7.05 Å². The highest BCUT2D eigenvalue weighted by Crippen LogP contribution is 2.43. The Morgan fingerprint density at radius 1 is 1.14 bits per heavy atom. The number of hydrogen-bond donors (Lipinski definition) is 1. The number of para-hydroxylation sites is 1. The number of rotatable bonds is 2. The molecular weight excluding hydrogens is 278 g/mol. The molecule has 0 fully saturated rings. The Bertz CT molecular complexity index is 626. The van der Waals surface area contributed by atoms with E-state index in [1.807, 2.05) is 24.5 Å². The first-order chi connectivity index (χ1) is 9.99. The fourth-order valence-corrected chi connectivity index (χ4v) is 3.90. The van der Waals surface area contributed by atoms with Gasteiger partial charge in [0.25, 0.3) is 0 Å². The molecule has 112 valence electrons. The van der Waals surface area contributed by atoms with Gasteiger partial charge in [-0.2, -0.15) is 0 Å². The molecule has 2 atom stereocenters. The lowest BCUT2D eigenvalue weighted by molar-refractivity contribution is 0.157. The first-order valence-corrected chi connectivity index (χ1v) is 8.34. The van der Waals surface area contributed by atoms with Gasteiger partial charge in [0.15, 0.2) is 0 Å². The third kappa shape index (κ3) is 2.85. The van der Waals surface area contributed by atoms with Gasteiger partial charge in [-0.05, 0) is 30.7 Å². The minimum absolute atomic E-state index is 0.151. The third-order valence-electron chi connectivity index (χ3n) is 4.05. The fourth-order valence-electron chi connectivity index (χ4n) is 2.79. The summed E-state index contributed by atoms with van der Waals surface area (Å²) in [5.41, 5.74) is 1.47. The van der Waals surface area contributed by atoms with Crippen LogP contribution < -0.4 is 10.1 Å². The van der Waals surface area contributed by atoms with Crippen LogP contribution in [0.3, 0.4) is 0 Å². The van der Waals surface area contributed by atoms with Gasteiger partial charge in [0, 0.05) is 27.8 Å². The van der Waals surface area contributed by atoms with Crippen molar-refractivity contribution in [3.8, 4) is 5.75 Å². The van der Waals surface area contributed by atoms with Crippen LogP contribution in [0.4, 0.5) is 0 Å². The molecular formula is C18H23NOS. The molecule has 1 aliphatic rings. The first-order valence-electron chi connectivity index (χ1n) is 7.52. The summed E-state index contributed by atoms with van der Waals surface area (Å²) in [6.07, 6.45) is 1.14. The summed E-state index contributed by atoms with van der Waals surface area (Å²) in [6.45, 7) is 6.78. The third-order valence-corrected chi connectivity index (χ3v) is 5.65. The fraction of sp³-hybridized carbons (Fsp3) is 0.444. The molecule has 21 heavy (non-hydrogen) atoms. The van der Waals surface area contributed by atoms with Crippen LogP contribution in [0.2, 0.25) is 0 Å². The average Bonchev–Trinajstić information content (AvgIpc) is 2.96. The van der Waals surface area contributed by atoms with E-state index in [9.17, 15) is 0 Å². The zero-order chi connectivity index (χ0) is 15.0. The molecule has 1 aromatic heterocycles. The van der Waals surface area contributed by atoms with Gasteiger partial charge < -0.3 is 10.1 Å². The maximum absolute atomic E-state index is 6.25. The Balaban J connectivity index is 1.90. The predicted octanol–water partition coefficient (Wildman–Crippen LogP) is 4.83. The van der Waals surface area contributed by atoms with Crippen LogP contribution in [0.5, 0.6) is 5.75 Å². The zero-order valence-corrected chi connectivity index (χ0v) is 14.0. The van der Waals surface area contributed by atoms with E-state index in [1.54, 1.807) is 0 Å². The Kier molecular flexibility index (Phi) is 3.80. The van der Waals surface area contributed by atoms with E-state index in [0.29, 0.717) is 6.04 Å². The number of nitrogens with one attached hydrogen (secondary N) is 1. The number of fused-ring (bicyclic) bond motifs is 1. The van der Waals surface area contributed by atoms with Crippen LogP contribution in [0, 0.1) is 0 Å². The largest absolute Gasteiger partial charge is 0.484 e. The molecule has 0 aliphatic carbocycles. The van der Waals surface area contributed by atoms with Gasteiger partial charge in [0.1, 0.15) is 11.9 Å². The molecule has 1 aliphatic heterocycles. The van der Waals surface area contributed by atoms with Crippen LogP contribution in [-0.2, 0) is 5.41 Å². The highest BCUT2D eigenvalue weighted by molar-refractivity contribution is 7.12.